The standard InChI is InChI=1S/C35H40N6O5S/c1-5-46-24-14-12-23(13-15-24)39-19-8-16-34(4)28(31(39)43)29-32(44)41(27(20-42)22(2)3)30-33(45)38(18-9-17-35(29,30)47-34)21-40-26-11-7-6-10-25(26)36-37-40/h6-17,22,27-30,42H,5,18-21H2,1-4H3/t27-,28+,29-,30?,34-,35-/m0/s1. The van der Waals surface area contributed by atoms with Crippen LogP contribution in [0.2, 0.25) is 0 Å². The molecule has 2 saturated heterocycles. The van der Waals surface area contributed by atoms with Gasteiger partial charge in [0.25, 0.3) is 0 Å². The van der Waals surface area contributed by atoms with Crippen LogP contribution < -0.4 is 9.64 Å². The molecule has 2 fully saturated rings. The molecule has 2 aromatic carbocycles. The van der Waals surface area contributed by atoms with Crippen LogP contribution in [0.4, 0.5) is 5.69 Å². The predicted octanol–water partition coefficient (Wildman–Crippen LogP) is 3.49. The number of carbonyl (C=O) groups is 3. The number of aromatic nitrogens is 3. The van der Waals surface area contributed by atoms with Gasteiger partial charge in [-0.2, -0.15) is 0 Å². The van der Waals surface area contributed by atoms with Gasteiger partial charge < -0.3 is 24.5 Å². The zero-order chi connectivity index (χ0) is 33.1. The third-order valence-corrected chi connectivity index (χ3v) is 11.9. The summed E-state index contributed by atoms with van der Waals surface area (Å²) in [7, 11) is 0. The number of amides is 3. The highest BCUT2D eigenvalue weighted by atomic mass is 32.2. The lowest BCUT2D eigenvalue weighted by Gasteiger charge is -2.40. The van der Waals surface area contributed by atoms with E-state index >= 15 is 0 Å². The van der Waals surface area contributed by atoms with Gasteiger partial charge in [-0.25, -0.2) is 4.68 Å². The molecule has 47 heavy (non-hydrogen) atoms. The number of carbonyl (C=O) groups excluding carboxylic acids is 3. The summed E-state index contributed by atoms with van der Waals surface area (Å²) in [6.07, 6.45) is 7.99. The summed E-state index contributed by atoms with van der Waals surface area (Å²) in [6.45, 7) is 8.85. The van der Waals surface area contributed by atoms with Crippen molar-refractivity contribution in [3.63, 3.8) is 0 Å². The Balaban J connectivity index is 1.30. The maximum atomic E-state index is 14.9. The van der Waals surface area contributed by atoms with E-state index in [1.165, 1.54) is 11.8 Å². The normalized spacial score (nSPS) is 29.3. The monoisotopic (exact) mass is 656 g/mol. The van der Waals surface area contributed by atoms with E-state index in [9.17, 15) is 19.5 Å². The van der Waals surface area contributed by atoms with Crippen molar-refractivity contribution < 1.29 is 24.2 Å². The van der Waals surface area contributed by atoms with Crippen molar-refractivity contribution in [3.05, 3.63) is 72.8 Å². The van der Waals surface area contributed by atoms with Crippen LogP contribution >= 0.6 is 11.8 Å². The van der Waals surface area contributed by atoms with Gasteiger partial charge in [-0.15, -0.1) is 16.9 Å². The third-order valence-electron chi connectivity index (χ3n) is 10.1. The molecule has 0 aliphatic carbocycles. The molecule has 246 valence electrons. The van der Waals surface area contributed by atoms with Gasteiger partial charge in [0.15, 0.2) is 0 Å². The highest BCUT2D eigenvalue weighted by molar-refractivity contribution is 8.02. The molecule has 7 rings (SSSR count). The molecule has 5 heterocycles. The van der Waals surface area contributed by atoms with E-state index in [4.69, 9.17) is 4.74 Å². The number of aliphatic hydroxyl groups excluding tert-OH is 1. The van der Waals surface area contributed by atoms with Crippen molar-refractivity contribution in [3.8, 4) is 5.75 Å². The van der Waals surface area contributed by atoms with Crippen molar-refractivity contribution in [2.24, 2.45) is 17.8 Å². The van der Waals surface area contributed by atoms with Crippen LogP contribution in [0.3, 0.4) is 0 Å². The smallest absolute Gasteiger partial charge is 0.248 e. The maximum Gasteiger partial charge on any atom is 0.248 e. The first-order valence-corrected chi connectivity index (χ1v) is 17.0. The van der Waals surface area contributed by atoms with Crippen LogP contribution in [0.1, 0.15) is 27.7 Å². The molecule has 12 heteroatoms. The molecule has 1 aromatic heterocycles. The van der Waals surface area contributed by atoms with Gasteiger partial charge in [0, 0.05) is 23.5 Å². The molecule has 1 N–H and O–H groups in total. The molecule has 3 amide bonds. The molecule has 4 aliphatic rings. The Morgan fingerprint density at radius 1 is 0.979 bits per heavy atom. The van der Waals surface area contributed by atoms with E-state index in [1.807, 2.05) is 101 Å². The molecule has 1 spiro atoms. The van der Waals surface area contributed by atoms with Gasteiger partial charge in [-0.3, -0.25) is 14.4 Å². The maximum absolute atomic E-state index is 14.9. The van der Waals surface area contributed by atoms with Crippen molar-refractivity contribution in [1.29, 1.82) is 0 Å². The van der Waals surface area contributed by atoms with Crippen LogP contribution in [0, 0.1) is 17.8 Å². The fourth-order valence-corrected chi connectivity index (χ4v) is 10.1. The molecule has 4 aliphatic heterocycles. The van der Waals surface area contributed by atoms with Gasteiger partial charge in [-0.05, 0) is 56.2 Å². The number of fused-ring (bicyclic) bond motifs is 3. The van der Waals surface area contributed by atoms with E-state index < -0.39 is 33.4 Å². The highest BCUT2D eigenvalue weighted by Gasteiger charge is 2.74. The quantitative estimate of drug-likeness (QED) is 0.366. The van der Waals surface area contributed by atoms with Crippen molar-refractivity contribution >= 4 is 46.2 Å². The van der Waals surface area contributed by atoms with E-state index in [1.54, 1.807) is 19.4 Å². The summed E-state index contributed by atoms with van der Waals surface area (Å²) < 4.78 is 5.53. The van der Waals surface area contributed by atoms with Gasteiger partial charge in [0.1, 0.15) is 24.0 Å². The first-order chi connectivity index (χ1) is 22.6. The summed E-state index contributed by atoms with van der Waals surface area (Å²) in [6, 6.07) is 13.5. The Morgan fingerprint density at radius 3 is 2.45 bits per heavy atom. The molecule has 0 radical (unpaired) electrons. The zero-order valence-corrected chi connectivity index (χ0v) is 27.8. The third kappa shape index (κ3) is 4.86. The van der Waals surface area contributed by atoms with Crippen molar-refractivity contribution in [2.75, 3.05) is 31.2 Å². The first-order valence-electron chi connectivity index (χ1n) is 16.2. The lowest BCUT2D eigenvalue weighted by atomic mass is 9.74. The van der Waals surface area contributed by atoms with Crippen LogP contribution in [-0.4, -0.2) is 95.5 Å². The lowest BCUT2D eigenvalue weighted by molar-refractivity contribution is -0.147. The van der Waals surface area contributed by atoms with E-state index in [0.29, 0.717) is 31.1 Å². The number of aliphatic hydroxyl groups is 1. The Labute approximate surface area is 278 Å². The van der Waals surface area contributed by atoms with Crippen molar-refractivity contribution in [2.45, 2.75) is 55.9 Å². The topological polar surface area (TPSA) is 121 Å². The minimum Gasteiger partial charge on any atom is -0.494 e. The van der Waals surface area contributed by atoms with Crippen LogP contribution in [0.5, 0.6) is 5.75 Å². The zero-order valence-electron chi connectivity index (χ0n) is 27.0. The summed E-state index contributed by atoms with van der Waals surface area (Å²) in [5.41, 5.74) is 2.23. The Kier molecular flexibility index (Phi) is 7.91. The van der Waals surface area contributed by atoms with Gasteiger partial charge in [-0.1, -0.05) is 55.5 Å². The number of rotatable bonds is 8. The number of likely N-dealkylation sites (tertiary alicyclic amines) is 1. The summed E-state index contributed by atoms with van der Waals surface area (Å²) in [5.74, 6) is -1.65. The molecule has 6 atom stereocenters. The number of anilines is 1. The van der Waals surface area contributed by atoms with Crippen LogP contribution in [0.15, 0.2) is 72.8 Å². The number of para-hydroxylation sites is 1. The van der Waals surface area contributed by atoms with Gasteiger partial charge in [0.05, 0.1) is 41.4 Å². The molecule has 0 saturated carbocycles. The second-order valence-corrected chi connectivity index (χ2v) is 15.0. The fraction of sp³-hybridized carbons (Fsp3) is 0.457. The molecular formula is C35H40N6O5S. The second kappa shape index (κ2) is 11.8. The Morgan fingerprint density at radius 2 is 1.72 bits per heavy atom. The summed E-state index contributed by atoms with van der Waals surface area (Å²) >= 11 is 1.53. The van der Waals surface area contributed by atoms with Crippen molar-refractivity contribution in [1.82, 2.24) is 24.8 Å². The van der Waals surface area contributed by atoms with Gasteiger partial charge in [0.2, 0.25) is 17.7 Å². The minimum atomic E-state index is -1.03. The number of nitrogens with zero attached hydrogens (tertiary/aromatic N) is 6. The molecule has 11 nitrogen and oxygen atoms in total. The van der Waals surface area contributed by atoms with E-state index in [2.05, 4.69) is 10.3 Å². The Hall–Kier alpha value is -4.16. The minimum absolute atomic E-state index is 0.131. The second-order valence-electron chi connectivity index (χ2n) is 13.2. The SMILES string of the molecule is CCOc1ccc(N2CC=C[C@]3(C)S[C@]45C=CCN(Cn6nnc7ccccc76)C(=O)C4N([C@@H](CO)C(C)C)C(=O)[C@@H]5[C@@H]3C2=O)cc1. The number of hydrogen-bond acceptors (Lipinski definition) is 8. The number of benzene rings is 2. The first kappa shape index (κ1) is 31.4. The number of hydrogen-bond donors (Lipinski definition) is 1. The number of ether oxygens (including phenoxy) is 1. The largest absolute Gasteiger partial charge is 0.494 e. The summed E-state index contributed by atoms with van der Waals surface area (Å²) in [4.78, 5) is 49.5. The predicted molar refractivity (Wildman–Crippen MR) is 180 cm³/mol. The number of thioether (sulfide) groups is 1. The average Bonchev–Trinajstić information content (AvgIpc) is 3.58. The fourth-order valence-electron chi connectivity index (χ4n) is 7.92. The Bertz CT molecular complexity index is 1770. The van der Waals surface area contributed by atoms with Crippen LogP contribution in [0.25, 0.3) is 11.0 Å². The lowest BCUT2D eigenvalue weighted by Crippen LogP contribution is -2.58. The van der Waals surface area contributed by atoms with E-state index in [0.717, 1.165) is 11.0 Å². The molecule has 3 aromatic rings. The van der Waals surface area contributed by atoms with E-state index in [-0.39, 0.29) is 36.9 Å². The molecular weight excluding hydrogens is 616 g/mol. The van der Waals surface area contributed by atoms with Gasteiger partial charge >= 0.3 is 0 Å². The molecule has 0 bridgehead atoms. The highest BCUT2D eigenvalue weighted by Crippen LogP contribution is 2.66. The van der Waals surface area contributed by atoms with Crippen LogP contribution in [-0.2, 0) is 21.1 Å². The summed E-state index contributed by atoms with van der Waals surface area (Å²) in [5, 5.41) is 19.2. The molecule has 1 unspecified atom stereocenters. The average molecular weight is 657 g/mol.